The number of carbonyl (C=O) groups excluding carboxylic acids is 2. The molecule has 1 aromatic rings. The van der Waals surface area contributed by atoms with Crippen molar-refractivity contribution < 1.29 is 19.1 Å². The molecule has 2 amide bonds. The first-order chi connectivity index (χ1) is 14.9. The molecule has 0 bridgehead atoms. The van der Waals surface area contributed by atoms with Crippen LogP contribution in [0.1, 0.15) is 25.3 Å². The van der Waals surface area contributed by atoms with E-state index < -0.39 is 12.1 Å². The van der Waals surface area contributed by atoms with E-state index in [0.29, 0.717) is 64.6 Å². The standard InChI is InChI=1S/C21H32N6O4/c1-3-25(2)18(28)5-4-10-31-16-6-7-17-15(13-16)14-27(21(23)24-17)20(19(22)29)26-8-11-30-12-9-26/h6-7,13,20H,3-5,8-12,14H2,1-2H3,(H2,22,29)(H2,23,24). The highest BCUT2D eigenvalue weighted by molar-refractivity contribution is 5.89. The van der Waals surface area contributed by atoms with Crippen molar-refractivity contribution in [1.29, 1.82) is 0 Å². The Bertz CT molecular complexity index is 824. The van der Waals surface area contributed by atoms with Crippen molar-refractivity contribution >= 4 is 23.5 Å². The highest BCUT2D eigenvalue weighted by Crippen LogP contribution is 2.30. The van der Waals surface area contributed by atoms with Crippen LogP contribution in [0, 0.1) is 0 Å². The maximum atomic E-state index is 12.3. The Morgan fingerprint density at radius 1 is 1.32 bits per heavy atom. The van der Waals surface area contributed by atoms with Crippen molar-refractivity contribution in [3.63, 3.8) is 0 Å². The van der Waals surface area contributed by atoms with E-state index in [4.69, 9.17) is 20.9 Å². The maximum Gasteiger partial charge on any atom is 0.255 e. The summed E-state index contributed by atoms with van der Waals surface area (Å²) in [4.78, 5) is 34.0. The van der Waals surface area contributed by atoms with Crippen LogP contribution in [0.15, 0.2) is 23.2 Å². The van der Waals surface area contributed by atoms with E-state index in [1.54, 1.807) is 16.8 Å². The summed E-state index contributed by atoms with van der Waals surface area (Å²) in [5.74, 6) is 0.581. The molecule has 31 heavy (non-hydrogen) atoms. The van der Waals surface area contributed by atoms with Crippen molar-refractivity contribution in [3.05, 3.63) is 23.8 Å². The van der Waals surface area contributed by atoms with Crippen LogP contribution in [0.4, 0.5) is 5.69 Å². The number of nitrogens with zero attached hydrogens (tertiary/aromatic N) is 4. The van der Waals surface area contributed by atoms with Crippen LogP contribution in [0.25, 0.3) is 0 Å². The largest absolute Gasteiger partial charge is 0.494 e. The van der Waals surface area contributed by atoms with Gasteiger partial charge in [0.25, 0.3) is 5.91 Å². The van der Waals surface area contributed by atoms with Crippen LogP contribution >= 0.6 is 0 Å². The zero-order valence-electron chi connectivity index (χ0n) is 18.2. The fourth-order valence-corrected chi connectivity index (χ4v) is 3.68. The van der Waals surface area contributed by atoms with Crippen LogP contribution in [-0.4, -0.2) is 85.1 Å². The number of primary amides is 1. The molecule has 1 unspecified atom stereocenters. The van der Waals surface area contributed by atoms with E-state index in [-0.39, 0.29) is 11.9 Å². The van der Waals surface area contributed by atoms with E-state index in [1.165, 1.54) is 0 Å². The topological polar surface area (TPSA) is 127 Å². The van der Waals surface area contributed by atoms with Crippen LogP contribution < -0.4 is 16.2 Å². The predicted molar refractivity (Wildman–Crippen MR) is 117 cm³/mol. The molecule has 0 radical (unpaired) electrons. The number of ether oxygens (including phenoxy) is 2. The Morgan fingerprint density at radius 3 is 2.74 bits per heavy atom. The third kappa shape index (κ3) is 5.65. The number of carbonyl (C=O) groups is 2. The summed E-state index contributed by atoms with van der Waals surface area (Å²) in [6.45, 7) is 5.75. The minimum atomic E-state index is -0.688. The number of amides is 2. The lowest BCUT2D eigenvalue weighted by molar-refractivity contribution is -0.131. The van der Waals surface area contributed by atoms with Gasteiger partial charge in [-0.1, -0.05) is 0 Å². The van der Waals surface area contributed by atoms with E-state index in [2.05, 4.69) is 4.99 Å². The summed E-state index contributed by atoms with van der Waals surface area (Å²) in [5, 5.41) is 0. The van der Waals surface area contributed by atoms with Gasteiger partial charge in [0.1, 0.15) is 5.75 Å². The minimum Gasteiger partial charge on any atom is -0.494 e. The molecule has 1 atom stereocenters. The lowest BCUT2D eigenvalue weighted by atomic mass is 10.1. The second-order valence-electron chi connectivity index (χ2n) is 7.67. The quantitative estimate of drug-likeness (QED) is 0.535. The number of guanidine groups is 1. The number of hydrogen-bond donors (Lipinski definition) is 2. The van der Waals surface area contributed by atoms with Gasteiger partial charge in [-0.2, -0.15) is 0 Å². The highest BCUT2D eigenvalue weighted by Gasteiger charge is 2.34. The summed E-state index contributed by atoms with van der Waals surface area (Å²) >= 11 is 0. The summed E-state index contributed by atoms with van der Waals surface area (Å²) in [6, 6.07) is 5.58. The Labute approximate surface area is 182 Å². The lowest BCUT2D eigenvalue weighted by Gasteiger charge is -2.41. The molecule has 0 saturated carbocycles. The molecule has 1 aromatic carbocycles. The summed E-state index contributed by atoms with van der Waals surface area (Å²) < 4.78 is 11.2. The normalized spacial score (nSPS) is 17.5. The molecule has 10 heteroatoms. The molecule has 3 rings (SSSR count). The molecule has 2 aliphatic heterocycles. The molecule has 4 N–H and O–H groups in total. The molecule has 0 aliphatic carbocycles. The lowest BCUT2D eigenvalue weighted by Crippen LogP contribution is -2.61. The second kappa shape index (κ2) is 10.5. The smallest absolute Gasteiger partial charge is 0.255 e. The van der Waals surface area contributed by atoms with E-state index in [9.17, 15) is 9.59 Å². The Hall–Kier alpha value is -2.85. The monoisotopic (exact) mass is 432 g/mol. The van der Waals surface area contributed by atoms with Gasteiger partial charge < -0.3 is 30.7 Å². The minimum absolute atomic E-state index is 0.109. The summed E-state index contributed by atoms with van der Waals surface area (Å²) in [6.07, 6.45) is 0.397. The Balaban J connectivity index is 1.65. The molecule has 2 aliphatic rings. The van der Waals surface area contributed by atoms with Crippen LogP contribution in [0.2, 0.25) is 0 Å². The van der Waals surface area contributed by atoms with Crippen molar-refractivity contribution in [1.82, 2.24) is 14.7 Å². The molecule has 1 saturated heterocycles. The Morgan fingerprint density at radius 2 is 2.06 bits per heavy atom. The van der Waals surface area contributed by atoms with Crippen molar-refractivity contribution in [3.8, 4) is 5.75 Å². The first kappa shape index (κ1) is 22.8. The molecule has 0 spiro atoms. The average Bonchev–Trinajstić information content (AvgIpc) is 2.77. The number of rotatable bonds is 9. The molecular weight excluding hydrogens is 400 g/mol. The number of morpholine rings is 1. The van der Waals surface area contributed by atoms with Gasteiger partial charge in [0.15, 0.2) is 12.1 Å². The summed E-state index contributed by atoms with van der Waals surface area (Å²) in [7, 11) is 1.79. The van der Waals surface area contributed by atoms with Gasteiger partial charge >= 0.3 is 0 Å². The van der Waals surface area contributed by atoms with Crippen LogP contribution in [-0.2, 0) is 20.9 Å². The first-order valence-corrected chi connectivity index (χ1v) is 10.6. The van der Waals surface area contributed by atoms with Gasteiger partial charge in [0, 0.05) is 38.7 Å². The molecular formula is C21H32N6O4. The third-order valence-electron chi connectivity index (χ3n) is 5.57. The SMILES string of the molecule is CCN(C)C(=O)CCCOc1ccc2c(c1)CN(C(C(N)=O)N1CCOCC1)C(N)=N2. The first-order valence-electron chi connectivity index (χ1n) is 10.6. The molecule has 1 fully saturated rings. The predicted octanol–water partition coefficient (Wildman–Crippen LogP) is 0.229. The van der Waals surface area contributed by atoms with Crippen molar-refractivity contribution in [2.75, 3.05) is 46.5 Å². The van der Waals surface area contributed by atoms with Crippen molar-refractivity contribution in [2.24, 2.45) is 16.5 Å². The summed E-state index contributed by atoms with van der Waals surface area (Å²) in [5.41, 5.74) is 13.5. The number of nitrogens with two attached hydrogens (primary N) is 2. The highest BCUT2D eigenvalue weighted by atomic mass is 16.5. The molecule has 2 heterocycles. The fraction of sp³-hybridized carbons (Fsp3) is 0.571. The zero-order chi connectivity index (χ0) is 22.4. The van der Waals surface area contributed by atoms with Gasteiger partial charge in [-0.05, 0) is 31.5 Å². The van der Waals surface area contributed by atoms with Gasteiger partial charge in [-0.25, -0.2) is 4.99 Å². The van der Waals surface area contributed by atoms with E-state index >= 15 is 0 Å². The van der Waals surface area contributed by atoms with Crippen LogP contribution in [0.3, 0.4) is 0 Å². The molecule has 0 aromatic heterocycles. The number of aliphatic imine (C=N–C) groups is 1. The maximum absolute atomic E-state index is 12.3. The van der Waals surface area contributed by atoms with Gasteiger partial charge in [0.2, 0.25) is 5.91 Å². The van der Waals surface area contributed by atoms with E-state index in [0.717, 1.165) is 11.3 Å². The van der Waals surface area contributed by atoms with Gasteiger partial charge in [0.05, 0.1) is 32.1 Å². The Kier molecular flexibility index (Phi) is 7.69. The zero-order valence-corrected chi connectivity index (χ0v) is 18.2. The number of benzene rings is 1. The third-order valence-corrected chi connectivity index (χ3v) is 5.57. The van der Waals surface area contributed by atoms with Gasteiger partial charge in [-0.15, -0.1) is 0 Å². The molecule has 10 nitrogen and oxygen atoms in total. The number of hydrogen-bond acceptors (Lipinski definition) is 8. The molecule has 170 valence electrons. The van der Waals surface area contributed by atoms with Crippen LogP contribution in [0.5, 0.6) is 5.75 Å². The second-order valence-corrected chi connectivity index (χ2v) is 7.67. The van der Waals surface area contributed by atoms with E-state index in [1.807, 2.05) is 30.0 Å². The van der Waals surface area contributed by atoms with Crippen molar-refractivity contribution in [2.45, 2.75) is 32.5 Å². The van der Waals surface area contributed by atoms with Gasteiger partial charge in [-0.3, -0.25) is 14.5 Å². The fourth-order valence-electron chi connectivity index (χ4n) is 3.68. The average molecular weight is 433 g/mol. The number of fused-ring (bicyclic) bond motifs is 1.